The van der Waals surface area contributed by atoms with Crippen LogP contribution in [0.2, 0.25) is 0 Å². The highest BCUT2D eigenvalue weighted by atomic mass is 127. The molecule has 1 aromatic rings. The van der Waals surface area contributed by atoms with Crippen LogP contribution in [0.25, 0.3) is 0 Å². The first-order chi connectivity index (χ1) is 12.6. The Hall–Kier alpha value is -0.970. The van der Waals surface area contributed by atoms with Gasteiger partial charge in [-0.15, -0.1) is 24.0 Å². The summed E-state index contributed by atoms with van der Waals surface area (Å²) in [6, 6.07) is 6.93. The highest BCUT2D eigenvalue weighted by molar-refractivity contribution is 14.0. The molecule has 0 radical (unpaired) electrons. The third-order valence-corrected chi connectivity index (χ3v) is 4.50. The number of aliphatic imine (C=N–C) groups is 1. The molecule has 6 nitrogen and oxygen atoms in total. The Morgan fingerprint density at radius 2 is 1.89 bits per heavy atom. The molecule has 1 atom stereocenters. The van der Waals surface area contributed by atoms with Crippen LogP contribution in [0.15, 0.2) is 29.3 Å². The predicted octanol–water partition coefficient (Wildman–Crippen LogP) is 1.93. The molecule has 1 unspecified atom stereocenters. The average molecular weight is 493 g/mol. The maximum Gasteiger partial charge on any atom is 0.191 e. The predicted molar refractivity (Wildman–Crippen MR) is 119 cm³/mol. The number of benzene rings is 1. The second-order valence-corrected chi connectivity index (χ2v) is 6.75. The third-order valence-electron chi connectivity index (χ3n) is 4.50. The Labute approximate surface area is 179 Å². The van der Waals surface area contributed by atoms with Gasteiger partial charge in [0, 0.05) is 33.2 Å². The summed E-state index contributed by atoms with van der Waals surface area (Å²) in [5.74, 6) is 0.588. The Morgan fingerprint density at radius 1 is 1.22 bits per heavy atom. The van der Waals surface area contributed by atoms with E-state index in [0.717, 1.165) is 57.3 Å². The fraction of sp³-hybridized carbons (Fsp3) is 0.632. The molecule has 0 amide bonds. The van der Waals surface area contributed by atoms with E-state index >= 15 is 0 Å². The van der Waals surface area contributed by atoms with Gasteiger partial charge in [-0.2, -0.15) is 0 Å². The number of nitrogens with one attached hydrogen (secondary N) is 2. The summed E-state index contributed by atoms with van der Waals surface area (Å²) in [6.45, 7) is 5.83. The van der Waals surface area contributed by atoms with Gasteiger partial charge in [0.05, 0.1) is 19.3 Å². The van der Waals surface area contributed by atoms with Gasteiger partial charge in [-0.25, -0.2) is 4.39 Å². The molecule has 0 bridgehead atoms. The van der Waals surface area contributed by atoms with E-state index in [1.807, 2.05) is 12.1 Å². The van der Waals surface area contributed by atoms with Gasteiger partial charge in [-0.05, 0) is 44.8 Å². The minimum Gasteiger partial charge on any atom is -0.379 e. The van der Waals surface area contributed by atoms with Crippen LogP contribution >= 0.6 is 24.0 Å². The molecule has 1 saturated heterocycles. The zero-order valence-electron chi connectivity index (χ0n) is 16.6. The van der Waals surface area contributed by atoms with Crippen LogP contribution in [0, 0.1) is 5.82 Å². The van der Waals surface area contributed by atoms with Gasteiger partial charge >= 0.3 is 0 Å². The van der Waals surface area contributed by atoms with Crippen molar-refractivity contribution in [2.75, 3.05) is 67.1 Å². The lowest BCUT2D eigenvalue weighted by molar-refractivity contribution is 0.0170. The van der Waals surface area contributed by atoms with Crippen LogP contribution in [0.5, 0.6) is 0 Å². The Balaban J connectivity index is 0.00000364. The molecule has 2 N–H and O–H groups in total. The first-order valence-corrected chi connectivity index (χ1v) is 9.26. The zero-order chi connectivity index (χ0) is 18.8. The minimum atomic E-state index is -0.208. The molecule has 2 rings (SSSR count). The Bertz CT molecular complexity index is 550. The second-order valence-electron chi connectivity index (χ2n) is 6.75. The van der Waals surface area contributed by atoms with Crippen molar-refractivity contribution in [3.8, 4) is 0 Å². The highest BCUT2D eigenvalue weighted by Crippen LogP contribution is 2.21. The Kier molecular flexibility index (Phi) is 11.8. The summed E-state index contributed by atoms with van der Waals surface area (Å²) in [5.41, 5.74) is 1.10. The minimum absolute atomic E-state index is 0. The molecule has 0 spiro atoms. The molecular formula is C19H33FIN5O. The van der Waals surface area contributed by atoms with Crippen molar-refractivity contribution in [1.29, 1.82) is 0 Å². The number of ether oxygens (including phenoxy) is 1. The molecule has 1 aromatic carbocycles. The monoisotopic (exact) mass is 493 g/mol. The summed E-state index contributed by atoms with van der Waals surface area (Å²) in [7, 11) is 5.92. The first kappa shape index (κ1) is 24.1. The first-order valence-electron chi connectivity index (χ1n) is 9.26. The molecular weight excluding hydrogens is 460 g/mol. The summed E-state index contributed by atoms with van der Waals surface area (Å²) in [5, 5.41) is 6.77. The molecule has 8 heteroatoms. The molecule has 1 aliphatic heterocycles. The van der Waals surface area contributed by atoms with E-state index in [1.165, 1.54) is 12.1 Å². The molecule has 1 heterocycles. The van der Waals surface area contributed by atoms with Gasteiger partial charge in [0.2, 0.25) is 0 Å². The lowest BCUT2D eigenvalue weighted by Crippen LogP contribution is -2.46. The summed E-state index contributed by atoms with van der Waals surface area (Å²) in [4.78, 5) is 8.85. The largest absolute Gasteiger partial charge is 0.379 e. The standard InChI is InChI=1S/C19H32FN5O.HI/c1-21-19(22-9-4-10-24(2)3)23-15-18(25-11-13-26-14-12-25)16-5-7-17(20)8-6-16;/h5-8,18H,4,9-15H2,1-3H3,(H2,21,22,23);1H. The molecule has 0 aliphatic carbocycles. The number of hydrogen-bond donors (Lipinski definition) is 2. The van der Waals surface area contributed by atoms with E-state index in [2.05, 4.69) is 39.5 Å². The number of rotatable bonds is 8. The van der Waals surface area contributed by atoms with Crippen LogP contribution in [0.4, 0.5) is 4.39 Å². The van der Waals surface area contributed by atoms with Gasteiger partial charge in [0.15, 0.2) is 5.96 Å². The average Bonchev–Trinajstić information content (AvgIpc) is 2.65. The van der Waals surface area contributed by atoms with Crippen molar-refractivity contribution >= 4 is 29.9 Å². The van der Waals surface area contributed by atoms with E-state index < -0.39 is 0 Å². The van der Waals surface area contributed by atoms with Crippen LogP contribution < -0.4 is 10.6 Å². The summed E-state index contributed by atoms with van der Waals surface area (Å²) < 4.78 is 18.8. The SMILES string of the molecule is CN=C(NCCCN(C)C)NCC(c1ccc(F)cc1)N1CCOCC1.I. The van der Waals surface area contributed by atoms with Gasteiger partial charge in [0.25, 0.3) is 0 Å². The van der Waals surface area contributed by atoms with Gasteiger partial charge in [-0.1, -0.05) is 12.1 Å². The maximum atomic E-state index is 13.3. The highest BCUT2D eigenvalue weighted by Gasteiger charge is 2.23. The zero-order valence-corrected chi connectivity index (χ0v) is 18.9. The maximum absolute atomic E-state index is 13.3. The molecule has 154 valence electrons. The third kappa shape index (κ3) is 8.71. The second kappa shape index (κ2) is 13.2. The topological polar surface area (TPSA) is 52.1 Å². The number of hydrogen-bond acceptors (Lipinski definition) is 4. The summed E-state index contributed by atoms with van der Waals surface area (Å²) in [6.07, 6.45) is 1.05. The van der Waals surface area contributed by atoms with Gasteiger partial charge in [-0.3, -0.25) is 9.89 Å². The Morgan fingerprint density at radius 3 is 2.48 bits per heavy atom. The molecule has 1 fully saturated rings. The lowest BCUT2D eigenvalue weighted by Gasteiger charge is -2.35. The fourth-order valence-electron chi connectivity index (χ4n) is 3.05. The fourth-order valence-corrected chi connectivity index (χ4v) is 3.05. The van der Waals surface area contributed by atoms with Crippen molar-refractivity contribution in [2.24, 2.45) is 4.99 Å². The lowest BCUT2D eigenvalue weighted by atomic mass is 10.0. The van der Waals surface area contributed by atoms with E-state index in [9.17, 15) is 4.39 Å². The molecule has 1 aliphatic rings. The van der Waals surface area contributed by atoms with Crippen molar-refractivity contribution < 1.29 is 9.13 Å². The number of halogens is 2. The van der Waals surface area contributed by atoms with Crippen molar-refractivity contribution in [3.05, 3.63) is 35.6 Å². The van der Waals surface area contributed by atoms with Crippen molar-refractivity contribution in [2.45, 2.75) is 12.5 Å². The van der Waals surface area contributed by atoms with E-state index in [-0.39, 0.29) is 35.8 Å². The molecule has 0 saturated carbocycles. The van der Waals surface area contributed by atoms with E-state index in [0.29, 0.717) is 6.54 Å². The van der Waals surface area contributed by atoms with Crippen molar-refractivity contribution in [1.82, 2.24) is 20.4 Å². The van der Waals surface area contributed by atoms with Gasteiger partial charge < -0.3 is 20.3 Å². The molecule has 27 heavy (non-hydrogen) atoms. The van der Waals surface area contributed by atoms with Crippen LogP contribution in [0.1, 0.15) is 18.0 Å². The number of morpholine rings is 1. The van der Waals surface area contributed by atoms with E-state index in [4.69, 9.17) is 4.74 Å². The van der Waals surface area contributed by atoms with E-state index in [1.54, 1.807) is 7.05 Å². The smallest absolute Gasteiger partial charge is 0.191 e. The molecule has 0 aromatic heterocycles. The van der Waals surface area contributed by atoms with Gasteiger partial charge in [0.1, 0.15) is 5.82 Å². The quantitative estimate of drug-likeness (QED) is 0.251. The normalized spacial score (nSPS) is 16.7. The van der Waals surface area contributed by atoms with Crippen molar-refractivity contribution in [3.63, 3.8) is 0 Å². The van der Waals surface area contributed by atoms with Crippen LogP contribution in [0.3, 0.4) is 0 Å². The number of nitrogens with zero attached hydrogens (tertiary/aromatic N) is 3. The van der Waals surface area contributed by atoms with Crippen LogP contribution in [-0.2, 0) is 4.74 Å². The number of guanidine groups is 1. The summed E-state index contributed by atoms with van der Waals surface area (Å²) >= 11 is 0. The van der Waals surface area contributed by atoms with Crippen LogP contribution in [-0.4, -0.2) is 82.8 Å².